The lowest BCUT2D eigenvalue weighted by atomic mass is 10.2. The fraction of sp³-hybridized carbons (Fsp3) is 0.636. The summed E-state index contributed by atoms with van der Waals surface area (Å²) in [6.07, 6.45) is 0. The summed E-state index contributed by atoms with van der Waals surface area (Å²) in [7, 11) is 0. The van der Waals surface area contributed by atoms with Crippen LogP contribution < -0.4 is 10.6 Å². The summed E-state index contributed by atoms with van der Waals surface area (Å²) < 4.78 is 4.89. The van der Waals surface area contributed by atoms with Crippen LogP contribution in [0.1, 0.15) is 12.7 Å². The van der Waals surface area contributed by atoms with Crippen LogP contribution in [0.5, 0.6) is 0 Å². The Hall–Kier alpha value is -1.40. The second-order valence-electron chi connectivity index (χ2n) is 4.39. The first-order valence-corrected chi connectivity index (χ1v) is 5.83. The molecule has 2 heterocycles. The van der Waals surface area contributed by atoms with Gasteiger partial charge in [0.2, 0.25) is 5.91 Å². The lowest BCUT2D eigenvalue weighted by Gasteiger charge is -2.33. The topological polar surface area (TPSA) is 70.4 Å². The van der Waals surface area contributed by atoms with Gasteiger partial charge >= 0.3 is 0 Å². The second-order valence-corrected chi connectivity index (χ2v) is 4.39. The Morgan fingerprint density at radius 3 is 3.24 bits per heavy atom. The van der Waals surface area contributed by atoms with Crippen molar-refractivity contribution in [2.45, 2.75) is 19.9 Å². The summed E-state index contributed by atoms with van der Waals surface area (Å²) in [5, 5.41) is 9.74. The molecular formula is C11H18N4O2. The van der Waals surface area contributed by atoms with E-state index in [1.54, 1.807) is 13.0 Å². The molecule has 2 N–H and O–H groups in total. The van der Waals surface area contributed by atoms with Crippen molar-refractivity contribution in [3.8, 4) is 0 Å². The smallest absolute Gasteiger partial charge is 0.239 e. The van der Waals surface area contributed by atoms with Gasteiger partial charge in [0.15, 0.2) is 5.82 Å². The van der Waals surface area contributed by atoms with Crippen molar-refractivity contribution in [3.05, 3.63) is 11.8 Å². The van der Waals surface area contributed by atoms with Gasteiger partial charge in [-0.15, -0.1) is 0 Å². The lowest BCUT2D eigenvalue weighted by Crippen LogP contribution is -2.52. The first kappa shape index (κ1) is 12.1. The Morgan fingerprint density at radius 2 is 2.59 bits per heavy atom. The van der Waals surface area contributed by atoms with Crippen molar-refractivity contribution in [2.75, 3.05) is 31.5 Å². The Bertz CT molecular complexity index is 391. The van der Waals surface area contributed by atoms with Crippen LogP contribution in [0.4, 0.5) is 5.82 Å². The maximum Gasteiger partial charge on any atom is 0.239 e. The molecule has 1 aromatic rings. The highest BCUT2D eigenvalue weighted by Gasteiger charge is 2.20. The van der Waals surface area contributed by atoms with Crippen LogP contribution in [0.25, 0.3) is 0 Å². The summed E-state index contributed by atoms with van der Waals surface area (Å²) >= 11 is 0. The number of piperazine rings is 1. The molecule has 0 aliphatic carbocycles. The number of carbonyl (C=O) groups excluding carboxylic acids is 1. The van der Waals surface area contributed by atoms with E-state index in [1.165, 1.54) is 0 Å². The van der Waals surface area contributed by atoms with Gasteiger partial charge in [0.25, 0.3) is 0 Å². The van der Waals surface area contributed by atoms with Crippen LogP contribution in [0.2, 0.25) is 0 Å². The quantitative estimate of drug-likeness (QED) is 0.788. The van der Waals surface area contributed by atoms with E-state index in [2.05, 4.69) is 27.6 Å². The highest BCUT2D eigenvalue weighted by atomic mass is 16.5. The molecular weight excluding hydrogens is 220 g/mol. The second kappa shape index (κ2) is 5.29. The number of rotatable bonds is 3. The number of nitrogens with zero attached hydrogens (tertiary/aromatic N) is 2. The van der Waals surface area contributed by atoms with Crippen LogP contribution in [0.3, 0.4) is 0 Å². The van der Waals surface area contributed by atoms with Crippen molar-refractivity contribution in [3.63, 3.8) is 0 Å². The van der Waals surface area contributed by atoms with E-state index in [1.807, 2.05) is 0 Å². The van der Waals surface area contributed by atoms with E-state index in [-0.39, 0.29) is 5.91 Å². The maximum atomic E-state index is 11.8. The van der Waals surface area contributed by atoms with E-state index in [0.717, 1.165) is 19.6 Å². The van der Waals surface area contributed by atoms with Crippen LogP contribution in [0.15, 0.2) is 10.6 Å². The van der Waals surface area contributed by atoms with Gasteiger partial charge in [-0.3, -0.25) is 9.69 Å². The molecule has 1 saturated heterocycles. The molecule has 1 aromatic heterocycles. The summed E-state index contributed by atoms with van der Waals surface area (Å²) in [4.78, 5) is 13.9. The van der Waals surface area contributed by atoms with Gasteiger partial charge < -0.3 is 15.2 Å². The molecule has 1 fully saturated rings. The first-order valence-electron chi connectivity index (χ1n) is 5.83. The molecule has 1 amide bonds. The Morgan fingerprint density at radius 1 is 1.76 bits per heavy atom. The van der Waals surface area contributed by atoms with Gasteiger partial charge in [-0.25, -0.2) is 0 Å². The minimum atomic E-state index is -0.0490. The van der Waals surface area contributed by atoms with Crippen molar-refractivity contribution in [1.82, 2.24) is 15.4 Å². The van der Waals surface area contributed by atoms with Crippen molar-refractivity contribution >= 4 is 11.7 Å². The van der Waals surface area contributed by atoms with Gasteiger partial charge in [0.05, 0.1) is 6.54 Å². The monoisotopic (exact) mass is 238 g/mol. The van der Waals surface area contributed by atoms with E-state index < -0.39 is 0 Å². The molecule has 0 bridgehead atoms. The molecule has 1 aliphatic heterocycles. The van der Waals surface area contributed by atoms with Crippen LogP contribution in [0, 0.1) is 6.92 Å². The van der Waals surface area contributed by atoms with Crippen molar-refractivity contribution in [1.29, 1.82) is 0 Å². The van der Waals surface area contributed by atoms with Gasteiger partial charge in [0.1, 0.15) is 5.76 Å². The molecule has 6 heteroatoms. The predicted octanol–water partition coefficient (Wildman–Crippen LogP) is 0.215. The number of anilines is 1. The SMILES string of the molecule is Cc1cc(NC(=O)CN2CCNCC2C)no1. The van der Waals surface area contributed by atoms with Gasteiger partial charge in [-0.2, -0.15) is 0 Å². The first-order chi connectivity index (χ1) is 8.15. The van der Waals surface area contributed by atoms with E-state index >= 15 is 0 Å². The molecule has 1 aliphatic rings. The Balaban J connectivity index is 1.84. The van der Waals surface area contributed by atoms with Gasteiger partial charge in [0, 0.05) is 31.7 Å². The molecule has 0 saturated carbocycles. The molecule has 0 aromatic carbocycles. The molecule has 6 nitrogen and oxygen atoms in total. The minimum Gasteiger partial charge on any atom is -0.360 e. The number of hydrogen-bond donors (Lipinski definition) is 2. The highest BCUT2D eigenvalue weighted by molar-refractivity contribution is 5.91. The van der Waals surface area contributed by atoms with Gasteiger partial charge in [-0.05, 0) is 13.8 Å². The summed E-state index contributed by atoms with van der Waals surface area (Å²) in [5.41, 5.74) is 0. The van der Waals surface area contributed by atoms with E-state index in [0.29, 0.717) is 24.2 Å². The lowest BCUT2D eigenvalue weighted by molar-refractivity contribution is -0.118. The van der Waals surface area contributed by atoms with Crippen LogP contribution >= 0.6 is 0 Å². The Labute approximate surface area is 100 Å². The van der Waals surface area contributed by atoms with Crippen molar-refractivity contribution < 1.29 is 9.32 Å². The van der Waals surface area contributed by atoms with Gasteiger partial charge in [-0.1, -0.05) is 5.16 Å². The van der Waals surface area contributed by atoms with E-state index in [9.17, 15) is 4.79 Å². The number of amides is 1. The highest BCUT2D eigenvalue weighted by Crippen LogP contribution is 2.08. The molecule has 17 heavy (non-hydrogen) atoms. The fourth-order valence-electron chi connectivity index (χ4n) is 1.91. The zero-order valence-electron chi connectivity index (χ0n) is 10.2. The van der Waals surface area contributed by atoms with E-state index in [4.69, 9.17) is 4.52 Å². The molecule has 94 valence electrons. The van der Waals surface area contributed by atoms with Crippen molar-refractivity contribution in [2.24, 2.45) is 0 Å². The number of aromatic nitrogens is 1. The number of carbonyl (C=O) groups is 1. The summed E-state index contributed by atoms with van der Waals surface area (Å²) in [6, 6.07) is 2.09. The average Bonchev–Trinajstić information content (AvgIpc) is 2.67. The third kappa shape index (κ3) is 3.28. The third-order valence-corrected chi connectivity index (χ3v) is 2.88. The number of aryl methyl sites for hydroxylation is 1. The largest absolute Gasteiger partial charge is 0.360 e. The average molecular weight is 238 g/mol. The molecule has 1 unspecified atom stereocenters. The molecule has 1 atom stereocenters. The maximum absolute atomic E-state index is 11.8. The summed E-state index contributed by atoms with van der Waals surface area (Å²) in [6.45, 7) is 7.05. The zero-order valence-corrected chi connectivity index (χ0v) is 10.2. The molecule has 0 radical (unpaired) electrons. The number of nitrogens with one attached hydrogen (secondary N) is 2. The fourth-order valence-corrected chi connectivity index (χ4v) is 1.91. The Kier molecular flexibility index (Phi) is 3.75. The van der Waals surface area contributed by atoms with Crippen LogP contribution in [-0.4, -0.2) is 48.2 Å². The van der Waals surface area contributed by atoms with Crippen LogP contribution in [-0.2, 0) is 4.79 Å². The molecule has 2 rings (SSSR count). The standard InChI is InChI=1S/C11H18N4O2/c1-8-6-12-3-4-15(8)7-11(16)13-10-5-9(2)17-14-10/h5,8,12H,3-4,6-7H2,1-2H3,(H,13,14,16). The normalized spacial score (nSPS) is 21.4. The molecule has 0 spiro atoms. The third-order valence-electron chi connectivity index (χ3n) is 2.88. The summed E-state index contributed by atoms with van der Waals surface area (Å²) in [5.74, 6) is 1.12. The zero-order chi connectivity index (χ0) is 12.3. The minimum absolute atomic E-state index is 0.0490. The predicted molar refractivity (Wildman–Crippen MR) is 63.8 cm³/mol. The number of hydrogen-bond acceptors (Lipinski definition) is 5.